The van der Waals surface area contributed by atoms with E-state index in [1.165, 1.54) is 5.57 Å². The minimum Gasteiger partial charge on any atom is -0.394 e. The first-order valence-electron chi connectivity index (χ1n) is 6.37. The summed E-state index contributed by atoms with van der Waals surface area (Å²) >= 11 is 0. The van der Waals surface area contributed by atoms with Crippen LogP contribution in [0.3, 0.4) is 0 Å². The molecule has 16 heavy (non-hydrogen) atoms. The van der Waals surface area contributed by atoms with Gasteiger partial charge in [-0.25, -0.2) is 0 Å². The van der Waals surface area contributed by atoms with Crippen LogP contribution in [0.1, 0.15) is 34.6 Å². The minimum absolute atomic E-state index is 0.591. The molecule has 0 aromatic rings. The number of allylic oxidation sites excluding steroid dienone is 2. The van der Waals surface area contributed by atoms with E-state index in [0.29, 0.717) is 11.8 Å². The summed E-state index contributed by atoms with van der Waals surface area (Å²) < 4.78 is 12.3. The van der Waals surface area contributed by atoms with Crippen LogP contribution in [0.25, 0.3) is 0 Å². The van der Waals surface area contributed by atoms with Crippen LogP contribution in [0.5, 0.6) is 0 Å². The zero-order chi connectivity index (χ0) is 12.2. The molecule has 0 unspecified atom stereocenters. The highest BCUT2D eigenvalue weighted by atomic mass is 28.4. The predicted octanol–water partition coefficient (Wildman–Crippen LogP) is 3.73. The van der Waals surface area contributed by atoms with E-state index in [1.807, 2.05) is 0 Å². The highest BCUT2D eigenvalue weighted by Gasteiger charge is 2.40. The molecular weight excluding hydrogens is 216 g/mol. The molecule has 0 aromatic carbocycles. The molecule has 1 aliphatic rings. The van der Waals surface area contributed by atoms with Gasteiger partial charge in [-0.05, 0) is 18.8 Å². The first-order chi connectivity index (χ1) is 7.43. The highest BCUT2D eigenvalue weighted by molar-refractivity contribution is 6.69. The van der Waals surface area contributed by atoms with Crippen molar-refractivity contribution in [3.8, 4) is 0 Å². The van der Waals surface area contributed by atoms with Gasteiger partial charge in [0.25, 0.3) is 0 Å². The SMILES string of the molecule is CC1=CC[Si](OCC(C)C)(OCC(C)C)C1. The third-order valence-corrected chi connectivity index (χ3v) is 5.98. The first kappa shape index (κ1) is 13.9. The molecule has 0 spiro atoms. The van der Waals surface area contributed by atoms with Gasteiger partial charge in [0, 0.05) is 25.3 Å². The first-order valence-corrected chi connectivity index (χ1v) is 8.60. The fourth-order valence-electron chi connectivity index (χ4n) is 1.80. The summed E-state index contributed by atoms with van der Waals surface area (Å²) in [5, 5.41) is 0. The van der Waals surface area contributed by atoms with Crippen molar-refractivity contribution in [3.63, 3.8) is 0 Å². The average Bonchev–Trinajstić information content (AvgIpc) is 2.55. The van der Waals surface area contributed by atoms with Gasteiger partial charge in [-0.15, -0.1) is 0 Å². The molecule has 0 aromatic heterocycles. The van der Waals surface area contributed by atoms with Crippen molar-refractivity contribution >= 4 is 8.56 Å². The van der Waals surface area contributed by atoms with E-state index in [4.69, 9.17) is 8.85 Å². The molecule has 0 amide bonds. The van der Waals surface area contributed by atoms with Crippen molar-refractivity contribution in [1.82, 2.24) is 0 Å². The monoisotopic (exact) mass is 242 g/mol. The largest absolute Gasteiger partial charge is 0.394 e. The molecule has 1 rings (SSSR count). The van der Waals surface area contributed by atoms with E-state index in [-0.39, 0.29) is 0 Å². The quantitative estimate of drug-likeness (QED) is 0.522. The number of rotatable bonds is 6. The van der Waals surface area contributed by atoms with Crippen LogP contribution in [-0.4, -0.2) is 21.8 Å². The Kier molecular flexibility index (Phi) is 5.22. The summed E-state index contributed by atoms with van der Waals surface area (Å²) in [6, 6.07) is 2.10. The number of hydrogen-bond acceptors (Lipinski definition) is 2. The summed E-state index contributed by atoms with van der Waals surface area (Å²) in [4.78, 5) is 0. The van der Waals surface area contributed by atoms with E-state index in [9.17, 15) is 0 Å². The van der Waals surface area contributed by atoms with Gasteiger partial charge in [-0.3, -0.25) is 0 Å². The molecule has 1 heterocycles. The molecule has 0 aliphatic carbocycles. The Bertz CT molecular complexity index is 234. The molecule has 3 heteroatoms. The maximum Gasteiger partial charge on any atom is 0.346 e. The Labute approximate surface area is 101 Å². The lowest BCUT2D eigenvalue weighted by molar-refractivity contribution is 0.143. The topological polar surface area (TPSA) is 18.5 Å². The van der Waals surface area contributed by atoms with Crippen LogP contribution >= 0.6 is 0 Å². The van der Waals surface area contributed by atoms with Crippen LogP contribution in [0.2, 0.25) is 12.1 Å². The maximum atomic E-state index is 6.14. The Hall–Kier alpha value is -0.123. The van der Waals surface area contributed by atoms with Gasteiger partial charge in [0.2, 0.25) is 0 Å². The third kappa shape index (κ3) is 4.40. The van der Waals surface area contributed by atoms with Gasteiger partial charge in [0.15, 0.2) is 0 Å². The normalized spacial score (nSPS) is 19.6. The van der Waals surface area contributed by atoms with Gasteiger partial charge in [-0.2, -0.15) is 0 Å². The van der Waals surface area contributed by atoms with Crippen molar-refractivity contribution < 1.29 is 8.85 Å². The van der Waals surface area contributed by atoms with Gasteiger partial charge in [0.1, 0.15) is 0 Å². The molecule has 0 saturated carbocycles. The Morgan fingerprint density at radius 3 is 1.94 bits per heavy atom. The van der Waals surface area contributed by atoms with Crippen molar-refractivity contribution in [3.05, 3.63) is 11.6 Å². The second kappa shape index (κ2) is 5.99. The van der Waals surface area contributed by atoms with E-state index in [1.54, 1.807) is 0 Å². The fraction of sp³-hybridized carbons (Fsp3) is 0.846. The zero-order valence-electron chi connectivity index (χ0n) is 11.4. The molecule has 0 saturated heterocycles. The Morgan fingerprint density at radius 1 is 1.12 bits per heavy atom. The highest BCUT2D eigenvalue weighted by Crippen LogP contribution is 2.32. The average molecular weight is 242 g/mol. The standard InChI is InChI=1S/C13H26O2Si/c1-11(2)8-14-16(15-9-12(3)4)7-6-13(5)10-16/h6,11-12H,7-10H2,1-5H3. The summed E-state index contributed by atoms with van der Waals surface area (Å²) in [6.45, 7) is 12.6. The molecule has 1 aliphatic heterocycles. The molecule has 0 N–H and O–H groups in total. The number of hydrogen-bond donors (Lipinski definition) is 0. The minimum atomic E-state index is -1.91. The van der Waals surface area contributed by atoms with Crippen LogP contribution in [0.15, 0.2) is 11.6 Å². The van der Waals surface area contributed by atoms with E-state index in [2.05, 4.69) is 40.7 Å². The smallest absolute Gasteiger partial charge is 0.346 e. The Morgan fingerprint density at radius 2 is 1.62 bits per heavy atom. The lowest BCUT2D eigenvalue weighted by atomic mass is 10.2. The van der Waals surface area contributed by atoms with Crippen LogP contribution in [-0.2, 0) is 8.85 Å². The van der Waals surface area contributed by atoms with Gasteiger partial charge >= 0.3 is 8.56 Å². The lowest BCUT2D eigenvalue weighted by Crippen LogP contribution is -2.41. The lowest BCUT2D eigenvalue weighted by Gasteiger charge is -2.28. The van der Waals surface area contributed by atoms with E-state index in [0.717, 1.165) is 25.3 Å². The molecular formula is C13H26O2Si. The summed E-state index contributed by atoms with van der Waals surface area (Å²) in [5.74, 6) is 1.18. The zero-order valence-corrected chi connectivity index (χ0v) is 12.4. The third-order valence-electron chi connectivity index (χ3n) is 2.67. The van der Waals surface area contributed by atoms with Gasteiger partial charge in [0.05, 0.1) is 0 Å². The van der Waals surface area contributed by atoms with Crippen molar-refractivity contribution in [2.45, 2.75) is 46.7 Å². The van der Waals surface area contributed by atoms with Gasteiger partial charge in [-0.1, -0.05) is 39.3 Å². The summed E-state index contributed by atoms with van der Waals surface area (Å²) in [7, 11) is -1.91. The van der Waals surface area contributed by atoms with Crippen molar-refractivity contribution in [2.24, 2.45) is 11.8 Å². The molecule has 0 atom stereocenters. The second-order valence-corrected chi connectivity index (χ2v) is 8.91. The van der Waals surface area contributed by atoms with Crippen molar-refractivity contribution in [1.29, 1.82) is 0 Å². The van der Waals surface area contributed by atoms with Crippen molar-refractivity contribution in [2.75, 3.05) is 13.2 Å². The van der Waals surface area contributed by atoms with Crippen LogP contribution in [0, 0.1) is 11.8 Å². The second-order valence-electron chi connectivity index (χ2n) is 5.75. The molecule has 0 bridgehead atoms. The fourth-order valence-corrected chi connectivity index (χ4v) is 5.39. The Balaban J connectivity index is 2.49. The van der Waals surface area contributed by atoms with Crippen LogP contribution < -0.4 is 0 Å². The van der Waals surface area contributed by atoms with Crippen LogP contribution in [0.4, 0.5) is 0 Å². The van der Waals surface area contributed by atoms with Gasteiger partial charge < -0.3 is 8.85 Å². The predicted molar refractivity (Wildman–Crippen MR) is 70.7 cm³/mol. The van der Waals surface area contributed by atoms with E-state index < -0.39 is 8.56 Å². The molecule has 0 fully saturated rings. The molecule has 2 nitrogen and oxygen atoms in total. The molecule has 94 valence electrons. The van der Waals surface area contributed by atoms with E-state index >= 15 is 0 Å². The maximum absolute atomic E-state index is 6.14. The molecule has 0 radical (unpaired) electrons. The summed E-state index contributed by atoms with van der Waals surface area (Å²) in [6.07, 6.45) is 2.30. The summed E-state index contributed by atoms with van der Waals surface area (Å²) in [5.41, 5.74) is 1.44.